The van der Waals surface area contributed by atoms with Crippen molar-refractivity contribution in [2.45, 2.75) is 19.4 Å². The average molecular weight is 292 g/mol. The number of nitrogens with one attached hydrogen (secondary N) is 1. The Morgan fingerprint density at radius 1 is 1.48 bits per heavy atom. The predicted molar refractivity (Wildman–Crippen MR) is 72.4 cm³/mol. The fraction of sp³-hybridized carbons (Fsp3) is 0.214. The molecule has 0 aliphatic heterocycles. The van der Waals surface area contributed by atoms with Gasteiger partial charge in [0.25, 0.3) is 11.6 Å². The van der Waals surface area contributed by atoms with Crippen LogP contribution in [0.25, 0.3) is 0 Å². The first-order valence-electron chi connectivity index (χ1n) is 6.24. The number of halogens is 1. The van der Waals surface area contributed by atoms with Crippen molar-refractivity contribution in [2.24, 2.45) is 0 Å². The lowest BCUT2D eigenvalue weighted by Gasteiger charge is -2.12. The Kier molecular flexibility index (Phi) is 4.32. The topological polar surface area (TPSA) is 85.4 Å². The number of nitro benzene ring substituents is 1. The first-order valence-corrected chi connectivity index (χ1v) is 6.24. The zero-order chi connectivity index (χ0) is 15.4. The second-order valence-corrected chi connectivity index (χ2v) is 4.58. The van der Waals surface area contributed by atoms with Crippen molar-refractivity contribution < 1.29 is 18.5 Å². The van der Waals surface area contributed by atoms with E-state index < -0.39 is 22.3 Å². The van der Waals surface area contributed by atoms with Crippen molar-refractivity contribution in [2.75, 3.05) is 0 Å². The largest absolute Gasteiger partial charge is 0.469 e. The number of furan rings is 1. The van der Waals surface area contributed by atoms with E-state index in [4.69, 9.17) is 4.42 Å². The summed E-state index contributed by atoms with van der Waals surface area (Å²) in [6, 6.07) is 5.94. The maximum Gasteiger partial charge on any atom is 0.282 e. The molecule has 0 aliphatic carbocycles. The molecule has 1 unspecified atom stereocenters. The number of rotatable bonds is 5. The molecule has 1 amide bonds. The maximum atomic E-state index is 13.2. The Morgan fingerprint density at radius 2 is 2.24 bits per heavy atom. The Morgan fingerprint density at radius 3 is 2.86 bits per heavy atom. The van der Waals surface area contributed by atoms with Crippen molar-refractivity contribution in [1.29, 1.82) is 0 Å². The van der Waals surface area contributed by atoms with Crippen LogP contribution >= 0.6 is 0 Å². The van der Waals surface area contributed by atoms with E-state index in [-0.39, 0.29) is 11.6 Å². The first kappa shape index (κ1) is 14.7. The fourth-order valence-electron chi connectivity index (χ4n) is 1.93. The summed E-state index contributed by atoms with van der Waals surface area (Å²) in [5, 5.41) is 13.5. The number of carbonyl (C=O) groups is 1. The number of hydrogen-bond donors (Lipinski definition) is 1. The van der Waals surface area contributed by atoms with Gasteiger partial charge in [-0.2, -0.15) is 0 Å². The van der Waals surface area contributed by atoms with Crippen LogP contribution in [0, 0.1) is 15.9 Å². The molecule has 2 rings (SSSR count). The molecule has 2 aromatic rings. The Labute approximate surface area is 119 Å². The van der Waals surface area contributed by atoms with Crippen LogP contribution in [0.5, 0.6) is 0 Å². The van der Waals surface area contributed by atoms with Crippen LogP contribution in [0.4, 0.5) is 10.1 Å². The predicted octanol–water partition coefficient (Wildman–Crippen LogP) is 2.69. The van der Waals surface area contributed by atoms with Crippen LogP contribution in [0.2, 0.25) is 0 Å². The maximum absolute atomic E-state index is 13.2. The van der Waals surface area contributed by atoms with Gasteiger partial charge in [0, 0.05) is 18.5 Å². The van der Waals surface area contributed by atoms with Crippen molar-refractivity contribution in [3.63, 3.8) is 0 Å². The van der Waals surface area contributed by atoms with Gasteiger partial charge in [0.1, 0.15) is 17.1 Å². The number of nitrogens with zero attached hydrogens (tertiary/aromatic N) is 1. The molecule has 0 saturated heterocycles. The van der Waals surface area contributed by atoms with Gasteiger partial charge in [0.05, 0.1) is 11.2 Å². The second-order valence-electron chi connectivity index (χ2n) is 4.58. The van der Waals surface area contributed by atoms with Crippen LogP contribution in [-0.2, 0) is 6.42 Å². The molecule has 1 heterocycles. The zero-order valence-corrected chi connectivity index (χ0v) is 11.2. The summed E-state index contributed by atoms with van der Waals surface area (Å²) < 4.78 is 18.3. The number of carbonyl (C=O) groups excluding carboxylic acids is 1. The average Bonchev–Trinajstić information content (AvgIpc) is 2.90. The third-order valence-electron chi connectivity index (χ3n) is 2.86. The molecular weight excluding hydrogens is 279 g/mol. The molecule has 6 nitrogen and oxygen atoms in total. The lowest BCUT2D eigenvalue weighted by atomic mass is 10.1. The lowest BCUT2D eigenvalue weighted by Crippen LogP contribution is -2.34. The van der Waals surface area contributed by atoms with Gasteiger partial charge in [0.15, 0.2) is 0 Å². The van der Waals surface area contributed by atoms with Crippen molar-refractivity contribution in [3.8, 4) is 0 Å². The number of amides is 1. The minimum Gasteiger partial charge on any atom is -0.469 e. The molecule has 1 N–H and O–H groups in total. The van der Waals surface area contributed by atoms with Crippen LogP contribution in [0.3, 0.4) is 0 Å². The summed E-state index contributed by atoms with van der Waals surface area (Å²) in [6.07, 6.45) is 1.95. The highest BCUT2D eigenvalue weighted by molar-refractivity contribution is 5.98. The number of benzene rings is 1. The van der Waals surface area contributed by atoms with Gasteiger partial charge in [-0.15, -0.1) is 0 Å². The minimum atomic E-state index is -0.717. The quantitative estimate of drug-likeness (QED) is 0.678. The summed E-state index contributed by atoms with van der Waals surface area (Å²) in [4.78, 5) is 22.2. The summed E-state index contributed by atoms with van der Waals surface area (Å²) in [7, 11) is 0. The first-order chi connectivity index (χ1) is 9.97. The molecule has 1 aromatic carbocycles. The molecule has 110 valence electrons. The molecule has 1 atom stereocenters. The highest BCUT2D eigenvalue weighted by atomic mass is 19.1. The second kappa shape index (κ2) is 6.17. The molecule has 0 spiro atoms. The Balaban J connectivity index is 2.12. The minimum absolute atomic E-state index is 0.300. The van der Waals surface area contributed by atoms with E-state index in [9.17, 15) is 19.3 Å². The van der Waals surface area contributed by atoms with Crippen molar-refractivity contribution in [3.05, 3.63) is 63.9 Å². The summed E-state index contributed by atoms with van der Waals surface area (Å²) in [6.45, 7) is 1.73. The van der Waals surface area contributed by atoms with Crippen LogP contribution < -0.4 is 5.32 Å². The molecule has 0 saturated carbocycles. The molecule has 7 heteroatoms. The molecule has 0 bridgehead atoms. The molecule has 0 fully saturated rings. The Hall–Kier alpha value is -2.70. The van der Waals surface area contributed by atoms with Gasteiger partial charge in [-0.1, -0.05) is 0 Å². The van der Waals surface area contributed by atoms with Crippen molar-refractivity contribution >= 4 is 11.6 Å². The SMILES string of the molecule is CC(Cc1ccco1)NC(=O)c1cc(F)ccc1[N+](=O)[O-]. The van der Waals surface area contributed by atoms with Gasteiger partial charge in [-0.05, 0) is 31.2 Å². The van der Waals surface area contributed by atoms with E-state index in [1.807, 2.05) is 0 Å². The highest BCUT2D eigenvalue weighted by Gasteiger charge is 2.22. The van der Waals surface area contributed by atoms with Gasteiger partial charge in [-0.3, -0.25) is 14.9 Å². The zero-order valence-electron chi connectivity index (χ0n) is 11.2. The van der Waals surface area contributed by atoms with E-state index in [1.54, 1.807) is 19.1 Å². The molecule has 0 radical (unpaired) electrons. The van der Waals surface area contributed by atoms with E-state index in [1.165, 1.54) is 6.26 Å². The summed E-state index contributed by atoms with van der Waals surface area (Å²) in [5.74, 6) is -0.721. The highest BCUT2D eigenvalue weighted by Crippen LogP contribution is 2.19. The third-order valence-corrected chi connectivity index (χ3v) is 2.86. The number of nitro groups is 1. The number of hydrogen-bond acceptors (Lipinski definition) is 4. The molecule has 0 aliphatic rings. The summed E-state index contributed by atoms with van der Waals surface area (Å²) >= 11 is 0. The smallest absolute Gasteiger partial charge is 0.282 e. The third kappa shape index (κ3) is 3.65. The Bertz CT molecular complexity index is 655. The van der Waals surface area contributed by atoms with E-state index >= 15 is 0 Å². The summed E-state index contributed by atoms with van der Waals surface area (Å²) in [5.41, 5.74) is -0.731. The lowest BCUT2D eigenvalue weighted by molar-refractivity contribution is -0.385. The normalized spacial score (nSPS) is 11.9. The van der Waals surface area contributed by atoms with Crippen LogP contribution in [-0.4, -0.2) is 16.9 Å². The van der Waals surface area contributed by atoms with E-state index in [2.05, 4.69) is 5.32 Å². The van der Waals surface area contributed by atoms with Crippen LogP contribution in [0.1, 0.15) is 23.0 Å². The van der Waals surface area contributed by atoms with Crippen molar-refractivity contribution in [1.82, 2.24) is 5.32 Å². The standard InChI is InChI=1S/C14H13FN2O4/c1-9(7-11-3-2-6-21-11)16-14(18)12-8-10(15)4-5-13(12)17(19)20/h2-6,8-9H,7H2,1H3,(H,16,18). The molecule has 1 aromatic heterocycles. The molecular formula is C14H13FN2O4. The monoisotopic (exact) mass is 292 g/mol. The van der Waals surface area contributed by atoms with Gasteiger partial charge >= 0.3 is 0 Å². The van der Waals surface area contributed by atoms with E-state index in [0.29, 0.717) is 12.2 Å². The van der Waals surface area contributed by atoms with E-state index in [0.717, 1.165) is 18.2 Å². The molecule has 21 heavy (non-hydrogen) atoms. The van der Waals surface area contributed by atoms with Gasteiger partial charge in [0.2, 0.25) is 0 Å². The van der Waals surface area contributed by atoms with Crippen LogP contribution in [0.15, 0.2) is 41.0 Å². The van der Waals surface area contributed by atoms with Gasteiger partial charge < -0.3 is 9.73 Å². The fourth-order valence-corrected chi connectivity index (χ4v) is 1.93. The van der Waals surface area contributed by atoms with Gasteiger partial charge in [-0.25, -0.2) is 4.39 Å².